The molecule has 0 bridgehead atoms. The normalized spacial score (nSPS) is 17.5. The van der Waals surface area contributed by atoms with E-state index >= 15 is 4.39 Å². The Morgan fingerprint density at radius 3 is 2.25 bits per heavy atom. The molecule has 2 fully saturated rings. The van der Waals surface area contributed by atoms with Crippen molar-refractivity contribution in [3.63, 3.8) is 0 Å². The topological polar surface area (TPSA) is 164 Å². The van der Waals surface area contributed by atoms with Gasteiger partial charge in [-0.2, -0.15) is 26.3 Å². The monoisotopic (exact) mass is 1000 g/mol. The zero-order valence-electron chi connectivity index (χ0n) is 39.7. The van der Waals surface area contributed by atoms with Gasteiger partial charge in [0.05, 0.1) is 59.2 Å². The SMILES string of the molecule is COC(=O)[C@@H]1CCCN(C(=O)[C@H](Cc2nc(-c3cc4c(CC(C)(C)CO)c(-c5cc(N6CCN(CC(F)(F)F)CC6)cnc5[C@H](C)OC)n(CC(F)(F)F)c4cc3F)cs2)NC(=O)OC(C)(C)C)N1. The van der Waals surface area contributed by atoms with Crippen LogP contribution >= 0.6 is 11.3 Å². The van der Waals surface area contributed by atoms with E-state index in [1.54, 1.807) is 52.5 Å². The third-order valence-electron chi connectivity index (χ3n) is 11.8. The van der Waals surface area contributed by atoms with Crippen LogP contribution in [0.25, 0.3) is 33.4 Å². The van der Waals surface area contributed by atoms with Crippen molar-refractivity contribution in [2.24, 2.45) is 5.41 Å². The molecule has 2 amide bonds. The molecule has 5 heterocycles. The number of carbonyl (C=O) groups excluding carboxylic acids is 3. The number of hydrogen-bond donors (Lipinski definition) is 3. The number of benzene rings is 1. The molecule has 0 radical (unpaired) electrons. The molecule has 1 aromatic carbocycles. The van der Waals surface area contributed by atoms with E-state index in [2.05, 4.69) is 20.7 Å². The first-order chi connectivity index (χ1) is 32.2. The van der Waals surface area contributed by atoms with Gasteiger partial charge in [0, 0.05) is 74.8 Å². The number of piperazine rings is 1. The zero-order chi connectivity index (χ0) is 50.8. The zero-order valence-corrected chi connectivity index (χ0v) is 40.6. The smallest absolute Gasteiger partial charge is 0.408 e. The lowest BCUT2D eigenvalue weighted by molar-refractivity contribution is -0.150. The molecule has 2 aliphatic heterocycles. The number of nitrogens with zero attached hydrogens (tertiary/aromatic N) is 6. The van der Waals surface area contributed by atoms with Gasteiger partial charge in [0.2, 0.25) is 0 Å². The van der Waals surface area contributed by atoms with Gasteiger partial charge in [-0.05, 0) is 76.1 Å². The van der Waals surface area contributed by atoms with Crippen LogP contribution in [0.3, 0.4) is 0 Å². The Balaban J connectivity index is 1.46. The number of halogens is 7. The van der Waals surface area contributed by atoms with Crippen LogP contribution in [0, 0.1) is 11.2 Å². The van der Waals surface area contributed by atoms with Gasteiger partial charge in [-0.25, -0.2) is 19.6 Å². The van der Waals surface area contributed by atoms with Gasteiger partial charge in [0.25, 0.3) is 5.91 Å². The summed E-state index contributed by atoms with van der Waals surface area (Å²) in [6, 6.07) is 1.95. The number of nitrogens with one attached hydrogen (secondary N) is 2. The molecule has 69 heavy (non-hydrogen) atoms. The Morgan fingerprint density at radius 1 is 0.957 bits per heavy atom. The third-order valence-corrected chi connectivity index (χ3v) is 12.7. The van der Waals surface area contributed by atoms with Crippen LogP contribution in [0.5, 0.6) is 0 Å². The minimum atomic E-state index is -4.82. The summed E-state index contributed by atoms with van der Waals surface area (Å²) in [5.74, 6) is -2.11. The van der Waals surface area contributed by atoms with E-state index in [4.69, 9.17) is 14.2 Å². The van der Waals surface area contributed by atoms with Gasteiger partial charge in [0.15, 0.2) is 0 Å². The number of thiazole rings is 1. The maximum absolute atomic E-state index is 16.7. The van der Waals surface area contributed by atoms with E-state index in [-0.39, 0.29) is 96.3 Å². The van der Waals surface area contributed by atoms with Crippen molar-refractivity contribution < 1.29 is 64.4 Å². The number of hydrogen-bond acceptors (Lipinski definition) is 13. The Labute approximate surface area is 399 Å². The highest BCUT2D eigenvalue weighted by molar-refractivity contribution is 7.10. The number of fused-ring (bicyclic) bond motifs is 1. The highest BCUT2D eigenvalue weighted by atomic mass is 32.1. The molecular weight excluding hydrogens is 942 g/mol. The largest absolute Gasteiger partial charge is 0.468 e. The molecule has 0 unspecified atom stereocenters. The highest BCUT2D eigenvalue weighted by Crippen LogP contribution is 2.44. The summed E-state index contributed by atoms with van der Waals surface area (Å²) in [4.78, 5) is 51.8. The molecule has 0 spiro atoms. The predicted octanol–water partition coefficient (Wildman–Crippen LogP) is 7.59. The Kier molecular flexibility index (Phi) is 16.3. The molecule has 3 N–H and O–H groups in total. The van der Waals surface area contributed by atoms with E-state index < -0.39 is 78.4 Å². The van der Waals surface area contributed by atoms with Gasteiger partial charge in [-0.3, -0.25) is 24.5 Å². The minimum Gasteiger partial charge on any atom is -0.468 e. The first-order valence-electron chi connectivity index (χ1n) is 22.4. The molecule has 23 heteroatoms. The lowest BCUT2D eigenvalue weighted by Gasteiger charge is -2.36. The van der Waals surface area contributed by atoms with Gasteiger partial charge >= 0.3 is 24.4 Å². The lowest BCUT2D eigenvalue weighted by atomic mass is 9.84. The first-order valence-corrected chi connectivity index (χ1v) is 23.3. The summed E-state index contributed by atoms with van der Waals surface area (Å²) in [6.45, 7) is 7.74. The second-order valence-electron chi connectivity index (χ2n) is 19.1. The summed E-state index contributed by atoms with van der Waals surface area (Å²) in [5, 5.41) is 16.4. The number of anilines is 1. The van der Waals surface area contributed by atoms with Gasteiger partial charge < -0.3 is 34.1 Å². The number of ether oxygens (including phenoxy) is 3. The number of hydrazine groups is 1. The van der Waals surface area contributed by atoms with Crippen LogP contribution in [0.2, 0.25) is 0 Å². The molecule has 4 aromatic rings. The molecular formula is C46H59F7N8O7S. The van der Waals surface area contributed by atoms with Crippen molar-refractivity contribution in [1.82, 2.24) is 35.2 Å². The number of alkyl carbamates (subject to hydrolysis) is 1. The van der Waals surface area contributed by atoms with Crippen LogP contribution < -0.4 is 15.6 Å². The molecule has 15 nitrogen and oxygen atoms in total. The van der Waals surface area contributed by atoms with Crippen molar-refractivity contribution in [2.75, 3.05) is 65.0 Å². The number of pyridine rings is 1. The average Bonchev–Trinajstić information content (AvgIpc) is 3.84. The van der Waals surface area contributed by atoms with Crippen molar-refractivity contribution in [1.29, 1.82) is 0 Å². The van der Waals surface area contributed by atoms with Gasteiger partial charge in [0.1, 0.15) is 30.0 Å². The minimum absolute atomic E-state index is 0.00375. The quantitative estimate of drug-likeness (QED) is 0.0792. The number of methoxy groups -OCH3 is 2. The van der Waals surface area contributed by atoms with E-state index in [1.165, 1.54) is 41.8 Å². The van der Waals surface area contributed by atoms with Gasteiger partial charge in [-0.15, -0.1) is 11.3 Å². The standard InChI is InChI=1S/C46H59F7N8O7S/c1-26(66-7)38-30(16-27(21-54-38)59-14-12-58(13-15-59)23-45(48,49)50)39-31(20-44(5,6)25-62)28-17-29(32(47)18-36(28)60(39)24-46(51,52)53)35-22-69-37(55-35)19-34(56-42(65)68-43(2,3)4)40(63)61-11-9-10-33(57-61)41(64)67-8/h16-18,21-22,26,33-34,57,62H,9-15,19-20,23-25H2,1-8H3,(H,56,65)/t26-,33-,34-/m0/s1. The molecule has 3 atom stereocenters. The lowest BCUT2D eigenvalue weighted by Crippen LogP contribution is -2.60. The maximum Gasteiger partial charge on any atom is 0.408 e. The predicted molar refractivity (Wildman–Crippen MR) is 244 cm³/mol. The maximum atomic E-state index is 16.7. The van der Waals surface area contributed by atoms with E-state index in [1.807, 2.05) is 0 Å². The summed E-state index contributed by atoms with van der Waals surface area (Å²) in [6.07, 6.45) is -8.73. The van der Waals surface area contributed by atoms with Crippen LogP contribution in [0.4, 0.5) is 41.2 Å². The van der Waals surface area contributed by atoms with Crippen LogP contribution in [0.15, 0.2) is 29.8 Å². The third kappa shape index (κ3) is 13.4. The average molecular weight is 1000 g/mol. The number of aromatic nitrogens is 3. The Hall–Kier alpha value is -5.10. The Bertz CT molecular complexity index is 2480. The van der Waals surface area contributed by atoms with Crippen molar-refractivity contribution in [3.05, 3.63) is 51.9 Å². The highest BCUT2D eigenvalue weighted by Gasteiger charge is 2.38. The van der Waals surface area contributed by atoms with Crippen molar-refractivity contribution in [2.45, 2.75) is 110 Å². The fourth-order valence-electron chi connectivity index (χ4n) is 8.48. The molecule has 2 aliphatic rings. The number of carbonyl (C=O) groups is 3. The fourth-order valence-corrected chi connectivity index (χ4v) is 9.32. The van der Waals surface area contributed by atoms with E-state index in [0.717, 1.165) is 22.0 Å². The number of aliphatic hydroxyl groups excluding tert-OH is 1. The molecule has 0 aliphatic carbocycles. The Morgan fingerprint density at radius 2 is 1.64 bits per heavy atom. The van der Waals surface area contributed by atoms with Crippen LogP contribution in [-0.4, -0.2) is 138 Å². The summed E-state index contributed by atoms with van der Waals surface area (Å²) in [7, 11) is 2.63. The summed E-state index contributed by atoms with van der Waals surface area (Å²) in [5.41, 5.74) is 2.18. The summed E-state index contributed by atoms with van der Waals surface area (Å²) >= 11 is 1.05. The van der Waals surface area contributed by atoms with E-state index in [0.29, 0.717) is 24.1 Å². The molecule has 2 saturated heterocycles. The summed E-state index contributed by atoms with van der Waals surface area (Å²) < 4.78 is 118. The van der Waals surface area contributed by atoms with Crippen molar-refractivity contribution in [3.8, 4) is 22.5 Å². The second kappa shape index (κ2) is 21.1. The van der Waals surface area contributed by atoms with Crippen LogP contribution in [-0.2, 0) is 43.2 Å². The van der Waals surface area contributed by atoms with Gasteiger partial charge in [-0.1, -0.05) is 13.8 Å². The molecule has 380 valence electrons. The number of esters is 1. The number of rotatable bonds is 15. The van der Waals surface area contributed by atoms with Crippen molar-refractivity contribution >= 4 is 45.9 Å². The number of aliphatic hydroxyl groups is 1. The first kappa shape index (κ1) is 53.3. The fraction of sp³-hybridized carbons (Fsp3) is 0.587. The number of alkyl halides is 6. The molecule has 6 rings (SSSR count). The molecule has 0 saturated carbocycles. The van der Waals surface area contributed by atoms with E-state index in [9.17, 15) is 45.8 Å². The number of amides is 2. The second-order valence-corrected chi connectivity index (χ2v) is 20.1. The van der Waals surface area contributed by atoms with Crippen LogP contribution in [0.1, 0.15) is 76.8 Å². The molecule has 3 aromatic heterocycles.